The lowest BCUT2D eigenvalue weighted by molar-refractivity contribution is 0.0920. The van der Waals surface area contributed by atoms with Crippen LogP contribution in [0.25, 0.3) is 0 Å². The van der Waals surface area contributed by atoms with Gasteiger partial charge in [-0.1, -0.05) is 6.07 Å². The first-order chi connectivity index (χ1) is 11.8. The minimum absolute atomic E-state index is 0. The van der Waals surface area contributed by atoms with Gasteiger partial charge in [0.2, 0.25) is 0 Å². The molecule has 0 unspecified atom stereocenters. The SMILES string of the molecule is COc1cccc(N2CCN(CCNC(=O)c3ccco3)CC2)c1.Cl. The van der Waals surface area contributed by atoms with Crippen LogP contribution in [0, 0.1) is 0 Å². The molecule has 1 aliphatic rings. The number of carbonyl (C=O) groups excluding carboxylic acids is 1. The van der Waals surface area contributed by atoms with Crippen LogP contribution in [-0.2, 0) is 0 Å². The lowest BCUT2D eigenvalue weighted by Gasteiger charge is -2.36. The van der Waals surface area contributed by atoms with E-state index in [-0.39, 0.29) is 18.3 Å². The van der Waals surface area contributed by atoms with Gasteiger partial charge in [-0.2, -0.15) is 0 Å². The molecule has 1 N–H and O–H groups in total. The van der Waals surface area contributed by atoms with Crippen molar-refractivity contribution in [1.29, 1.82) is 0 Å². The second kappa shape index (κ2) is 9.34. The fraction of sp³-hybridized carbons (Fsp3) is 0.389. The average molecular weight is 366 g/mol. The molecule has 0 saturated carbocycles. The van der Waals surface area contributed by atoms with Crippen molar-refractivity contribution in [1.82, 2.24) is 10.2 Å². The first-order valence-corrected chi connectivity index (χ1v) is 8.19. The summed E-state index contributed by atoms with van der Waals surface area (Å²) in [4.78, 5) is 16.5. The van der Waals surface area contributed by atoms with Crippen LogP contribution in [0.1, 0.15) is 10.6 Å². The summed E-state index contributed by atoms with van der Waals surface area (Å²) in [6.45, 7) is 5.37. The summed E-state index contributed by atoms with van der Waals surface area (Å²) >= 11 is 0. The molecule has 7 heteroatoms. The normalized spacial score (nSPS) is 14.7. The van der Waals surface area contributed by atoms with Gasteiger partial charge in [-0.15, -0.1) is 12.4 Å². The third-order valence-corrected chi connectivity index (χ3v) is 4.25. The van der Waals surface area contributed by atoms with Gasteiger partial charge in [0.25, 0.3) is 5.91 Å². The van der Waals surface area contributed by atoms with E-state index < -0.39 is 0 Å². The number of nitrogens with one attached hydrogen (secondary N) is 1. The minimum Gasteiger partial charge on any atom is -0.497 e. The fourth-order valence-corrected chi connectivity index (χ4v) is 2.86. The smallest absolute Gasteiger partial charge is 0.287 e. The fourth-order valence-electron chi connectivity index (χ4n) is 2.86. The van der Waals surface area contributed by atoms with Crippen LogP contribution in [-0.4, -0.2) is 57.2 Å². The number of ether oxygens (including phenoxy) is 1. The van der Waals surface area contributed by atoms with E-state index in [0.29, 0.717) is 12.3 Å². The van der Waals surface area contributed by atoms with Gasteiger partial charge in [0.15, 0.2) is 5.76 Å². The zero-order valence-electron chi connectivity index (χ0n) is 14.3. The van der Waals surface area contributed by atoms with Crippen molar-refractivity contribution in [3.63, 3.8) is 0 Å². The van der Waals surface area contributed by atoms with Crippen LogP contribution >= 0.6 is 12.4 Å². The van der Waals surface area contributed by atoms with E-state index in [1.807, 2.05) is 12.1 Å². The standard InChI is InChI=1S/C18H23N3O3.ClH/c1-23-16-5-2-4-15(14-16)21-11-9-20(10-12-21)8-7-19-18(22)17-6-3-13-24-17;/h2-6,13-14H,7-12H2,1H3,(H,19,22);1H. The molecule has 25 heavy (non-hydrogen) atoms. The molecular weight excluding hydrogens is 342 g/mol. The molecule has 0 atom stereocenters. The van der Waals surface area contributed by atoms with Crippen LogP contribution in [0.5, 0.6) is 5.75 Å². The Morgan fingerprint density at radius 3 is 2.68 bits per heavy atom. The number of hydrogen-bond acceptors (Lipinski definition) is 5. The van der Waals surface area contributed by atoms with Crippen molar-refractivity contribution in [2.75, 3.05) is 51.3 Å². The molecular formula is C18H24ClN3O3. The van der Waals surface area contributed by atoms with Gasteiger partial charge < -0.3 is 19.4 Å². The number of piperazine rings is 1. The summed E-state index contributed by atoms with van der Waals surface area (Å²) in [5.74, 6) is 1.09. The van der Waals surface area contributed by atoms with Gasteiger partial charge in [0.05, 0.1) is 13.4 Å². The van der Waals surface area contributed by atoms with Gasteiger partial charge in [0, 0.05) is 51.0 Å². The van der Waals surface area contributed by atoms with E-state index in [4.69, 9.17) is 9.15 Å². The van der Waals surface area contributed by atoms with Crippen molar-refractivity contribution in [3.05, 3.63) is 48.4 Å². The monoisotopic (exact) mass is 365 g/mol. The number of halogens is 1. The van der Waals surface area contributed by atoms with Crippen molar-refractivity contribution in [2.24, 2.45) is 0 Å². The number of furan rings is 1. The first-order valence-electron chi connectivity index (χ1n) is 8.19. The molecule has 0 radical (unpaired) electrons. The number of nitrogens with zero attached hydrogens (tertiary/aromatic N) is 2. The minimum atomic E-state index is -0.157. The van der Waals surface area contributed by atoms with Crippen molar-refractivity contribution >= 4 is 24.0 Å². The van der Waals surface area contributed by atoms with Crippen LogP contribution in [0.15, 0.2) is 47.1 Å². The second-order valence-electron chi connectivity index (χ2n) is 5.76. The Morgan fingerprint density at radius 1 is 1.20 bits per heavy atom. The Morgan fingerprint density at radius 2 is 2.00 bits per heavy atom. The Labute approximate surface area is 154 Å². The van der Waals surface area contributed by atoms with Gasteiger partial charge in [0.1, 0.15) is 5.75 Å². The van der Waals surface area contributed by atoms with Crippen molar-refractivity contribution in [2.45, 2.75) is 0 Å². The molecule has 2 aromatic rings. The van der Waals surface area contributed by atoms with E-state index in [1.54, 1.807) is 19.2 Å². The molecule has 1 aromatic heterocycles. The lowest BCUT2D eigenvalue weighted by Crippen LogP contribution is -2.48. The molecule has 2 heterocycles. The second-order valence-corrected chi connectivity index (χ2v) is 5.76. The first kappa shape index (κ1) is 19.1. The number of amides is 1. The zero-order valence-corrected chi connectivity index (χ0v) is 15.1. The highest BCUT2D eigenvalue weighted by Crippen LogP contribution is 2.21. The van der Waals surface area contributed by atoms with Gasteiger partial charge >= 0.3 is 0 Å². The Bertz CT molecular complexity index is 655. The molecule has 0 spiro atoms. The Hall–Kier alpha value is -2.18. The van der Waals surface area contributed by atoms with E-state index >= 15 is 0 Å². The number of carbonyl (C=O) groups is 1. The summed E-state index contributed by atoms with van der Waals surface area (Å²) in [6.07, 6.45) is 1.51. The maximum atomic E-state index is 11.8. The summed E-state index contributed by atoms with van der Waals surface area (Å²) < 4.78 is 10.4. The molecule has 1 aromatic carbocycles. The highest BCUT2D eigenvalue weighted by atomic mass is 35.5. The lowest BCUT2D eigenvalue weighted by atomic mass is 10.2. The molecule has 1 fully saturated rings. The topological polar surface area (TPSA) is 58.0 Å². The highest BCUT2D eigenvalue weighted by Gasteiger charge is 2.17. The summed E-state index contributed by atoms with van der Waals surface area (Å²) in [7, 11) is 1.69. The van der Waals surface area contributed by atoms with Crippen molar-refractivity contribution < 1.29 is 13.9 Å². The molecule has 0 aliphatic carbocycles. The maximum Gasteiger partial charge on any atom is 0.287 e. The average Bonchev–Trinajstić information content (AvgIpc) is 3.17. The van der Waals surface area contributed by atoms with Crippen LogP contribution < -0.4 is 15.0 Å². The molecule has 136 valence electrons. The number of hydrogen-bond donors (Lipinski definition) is 1. The van der Waals surface area contributed by atoms with Crippen LogP contribution in [0.3, 0.4) is 0 Å². The number of rotatable bonds is 6. The molecule has 1 aliphatic heterocycles. The molecule has 1 amide bonds. The third-order valence-electron chi connectivity index (χ3n) is 4.25. The van der Waals surface area contributed by atoms with E-state index in [1.165, 1.54) is 12.0 Å². The summed E-state index contributed by atoms with van der Waals surface area (Å²) in [6, 6.07) is 11.5. The summed E-state index contributed by atoms with van der Waals surface area (Å²) in [5.41, 5.74) is 1.19. The highest BCUT2D eigenvalue weighted by molar-refractivity contribution is 5.91. The molecule has 6 nitrogen and oxygen atoms in total. The molecule has 1 saturated heterocycles. The van der Waals surface area contributed by atoms with Gasteiger partial charge in [-0.3, -0.25) is 9.69 Å². The summed E-state index contributed by atoms with van der Waals surface area (Å²) in [5, 5.41) is 2.89. The zero-order chi connectivity index (χ0) is 16.8. The quantitative estimate of drug-likeness (QED) is 0.851. The molecule has 3 rings (SSSR count). The predicted molar refractivity (Wildman–Crippen MR) is 99.9 cm³/mol. The van der Waals surface area contributed by atoms with E-state index in [9.17, 15) is 4.79 Å². The number of anilines is 1. The van der Waals surface area contributed by atoms with E-state index in [0.717, 1.165) is 38.5 Å². The van der Waals surface area contributed by atoms with Gasteiger partial charge in [-0.05, 0) is 24.3 Å². The number of benzene rings is 1. The predicted octanol–water partition coefficient (Wildman–Crippen LogP) is 2.26. The Balaban J connectivity index is 0.00000225. The maximum absolute atomic E-state index is 11.8. The van der Waals surface area contributed by atoms with E-state index in [2.05, 4.69) is 27.2 Å². The van der Waals surface area contributed by atoms with Crippen LogP contribution in [0.2, 0.25) is 0 Å². The van der Waals surface area contributed by atoms with Gasteiger partial charge in [-0.25, -0.2) is 0 Å². The van der Waals surface area contributed by atoms with Crippen molar-refractivity contribution in [3.8, 4) is 5.75 Å². The largest absolute Gasteiger partial charge is 0.497 e. The van der Waals surface area contributed by atoms with Crippen LogP contribution in [0.4, 0.5) is 5.69 Å². The third kappa shape index (κ3) is 5.14. The molecule has 0 bridgehead atoms. The Kier molecular flexibility index (Phi) is 7.16. The number of methoxy groups -OCH3 is 1.